The van der Waals surface area contributed by atoms with Crippen LogP contribution < -0.4 is 0 Å². The number of nitrogens with zero attached hydrogens (tertiary/aromatic N) is 5. The zero-order valence-corrected chi connectivity index (χ0v) is 15.9. The minimum absolute atomic E-state index is 0.309. The van der Waals surface area contributed by atoms with Gasteiger partial charge in [-0.05, 0) is 48.4 Å². The molecule has 0 bridgehead atoms. The fraction of sp³-hybridized carbons (Fsp3) is 0.130. The van der Waals surface area contributed by atoms with Gasteiger partial charge in [-0.2, -0.15) is 0 Å². The van der Waals surface area contributed by atoms with E-state index < -0.39 is 0 Å². The van der Waals surface area contributed by atoms with Gasteiger partial charge in [0.25, 0.3) is 0 Å². The fourth-order valence-electron chi connectivity index (χ4n) is 3.57. The first-order valence-corrected chi connectivity index (χ1v) is 9.57. The Morgan fingerprint density at radius 2 is 1.93 bits per heavy atom. The highest BCUT2D eigenvalue weighted by atomic mass is 19.1. The van der Waals surface area contributed by atoms with Crippen molar-refractivity contribution in [3.05, 3.63) is 78.6 Å². The highest BCUT2D eigenvalue weighted by molar-refractivity contribution is 5.90. The van der Waals surface area contributed by atoms with Gasteiger partial charge in [-0.25, -0.2) is 19.3 Å². The van der Waals surface area contributed by atoms with Gasteiger partial charge in [-0.1, -0.05) is 19.4 Å². The van der Waals surface area contributed by atoms with Crippen molar-refractivity contribution in [2.45, 2.75) is 19.8 Å². The van der Waals surface area contributed by atoms with E-state index in [1.807, 2.05) is 22.8 Å². The normalized spacial score (nSPS) is 11.4. The molecule has 3 aromatic heterocycles. The quantitative estimate of drug-likeness (QED) is 0.432. The molecule has 5 nitrogen and oxygen atoms in total. The van der Waals surface area contributed by atoms with Crippen LogP contribution in [0.5, 0.6) is 0 Å². The minimum atomic E-state index is -0.309. The summed E-state index contributed by atoms with van der Waals surface area (Å²) in [6.07, 6.45) is 7.20. The molecule has 0 fully saturated rings. The summed E-state index contributed by atoms with van der Waals surface area (Å²) in [6, 6.07) is 14.7. The van der Waals surface area contributed by atoms with E-state index in [1.54, 1.807) is 24.8 Å². The summed E-state index contributed by atoms with van der Waals surface area (Å²) in [4.78, 5) is 18.2. The Bertz CT molecular complexity index is 1330. The Hall–Kier alpha value is -3.67. The van der Waals surface area contributed by atoms with Crippen LogP contribution in [0.25, 0.3) is 39.1 Å². The third-order valence-corrected chi connectivity index (χ3v) is 4.94. The van der Waals surface area contributed by atoms with Crippen molar-refractivity contribution < 1.29 is 4.39 Å². The van der Waals surface area contributed by atoms with Crippen molar-refractivity contribution in [3.8, 4) is 17.2 Å². The van der Waals surface area contributed by atoms with Gasteiger partial charge < -0.3 is 0 Å². The Kier molecular flexibility index (Phi) is 4.24. The van der Waals surface area contributed by atoms with E-state index in [1.165, 1.54) is 17.7 Å². The van der Waals surface area contributed by atoms with Crippen LogP contribution in [-0.2, 0) is 6.42 Å². The third-order valence-electron chi connectivity index (χ3n) is 4.94. The van der Waals surface area contributed by atoms with Crippen molar-refractivity contribution in [2.75, 3.05) is 0 Å². The molecule has 0 saturated heterocycles. The summed E-state index contributed by atoms with van der Waals surface area (Å²) in [5.74, 6) is 1.00. The number of hydrogen-bond donors (Lipinski definition) is 0. The molecule has 5 rings (SSSR count). The molecule has 142 valence electrons. The molecule has 29 heavy (non-hydrogen) atoms. The lowest BCUT2D eigenvalue weighted by molar-refractivity contribution is 0.629. The number of aromatic nitrogens is 5. The van der Waals surface area contributed by atoms with Crippen molar-refractivity contribution in [1.82, 2.24) is 24.5 Å². The van der Waals surface area contributed by atoms with E-state index in [9.17, 15) is 4.39 Å². The first-order chi connectivity index (χ1) is 14.2. The summed E-state index contributed by atoms with van der Waals surface area (Å²) < 4.78 is 15.5. The standard InChI is InChI=1S/C23H18FN5/c1-2-4-15-6-8-19-18(11-15)23(28-22(27-19)16-5-3-10-25-13-16)29-14-26-20-12-17(24)7-9-21(20)29/h3,5-14H,2,4H2,1H3. The lowest BCUT2D eigenvalue weighted by Gasteiger charge is -2.12. The molecule has 5 aromatic rings. The van der Waals surface area contributed by atoms with E-state index in [0.29, 0.717) is 11.3 Å². The van der Waals surface area contributed by atoms with E-state index in [0.717, 1.165) is 40.6 Å². The SMILES string of the molecule is CCCc1ccc2nc(-c3cccnc3)nc(-n3cnc4cc(F)ccc43)c2c1. The number of aryl methyl sites for hydroxylation is 1. The predicted molar refractivity (Wildman–Crippen MR) is 111 cm³/mol. The first-order valence-electron chi connectivity index (χ1n) is 9.57. The lowest BCUT2D eigenvalue weighted by Crippen LogP contribution is -2.02. The van der Waals surface area contributed by atoms with Crippen LogP contribution in [0.3, 0.4) is 0 Å². The largest absolute Gasteiger partial charge is 0.282 e. The van der Waals surface area contributed by atoms with E-state index in [4.69, 9.17) is 9.97 Å². The van der Waals surface area contributed by atoms with Gasteiger partial charge >= 0.3 is 0 Å². The molecule has 0 N–H and O–H groups in total. The number of imidazole rings is 1. The molecule has 2 aromatic carbocycles. The van der Waals surface area contributed by atoms with Crippen LogP contribution >= 0.6 is 0 Å². The fourth-order valence-corrected chi connectivity index (χ4v) is 3.57. The molecular weight excluding hydrogens is 365 g/mol. The summed E-state index contributed by atoms with van der Waals surface area (Å²) in [6.45, 7) is 2.16. The molecule has 0 spiro atoms. The Labute approximate surface area is 166 Å². The summed E-state index contributed by atoms with van der Waals surface area (Å²) in [7, 11) is 0. The maximum Gasteiger partial charge on any atom is 0.163 e. The summed E-state index contributed by atoms with van der Waals surface area (Å²) in [5.41, 5.74) is 4.30. The van der Waals surface area contributed by atoms with Gasteiger partial charge in [-0.15, -0.1) is 0 Å². The minimum Gasteiger partial charge on any atom is -0.282 e. The second-order valence-corrected chi connectivity index (χ2v) is 6.96. The molecule has 0 unspecified atom stereocenters. The smallest absolute Gasteiger partial charge is 0.163 e. The second-order valence-electron chi connectivity index (χ2n) is 6.96. The third kappa shape index (κ3) is 3.12. The number of fused-ring (bicyclic) bond motifs is 2. The number of hydrogen-bond acceptors (Lipinski definition) is 4. The van der Waals surface area contributed by atoms with E-state index in [-0.39, 0.29) is 5.82 Å². The Morgan fingerprint density at radius 1 is 1.00 bits per heavy atom. The number of rotatable bonds is 4. The van der Waals surface area contributed by atoms with Crippen molar-refractivity contribution in [2.24, 2.45) is 0 Å². The molecule has 0 aliphatic heterocycles. The highest BCUT2D eigenvalue weighted by Gasteiger charge is 2.15. The summed E-state index contributed by atoms with van der Waals surface area (Å²) in [5, 5.41) is 0.937. The van der Waals surface area contributed by atoms with Gasteiger partial charge in [0.2, 0.25) is 0 Å². The molecular formula is C23H18FN5. The van der Waals surface area contributed by atoms with Crippen molar-refractivity contribution in [1.29, 1.82) is 0 Å². The van der Waals surface area contributed by atoms with Crippen LogP contribution in [-0.4, -0.2) is 24.5 Å². The molecule has 0 amide bonds. The Balaban J connectivity index is 1.81. The maximum absolute atomic E-state index is 13.6. The van der Waals surface area contributed by atoms with Crippen LogP contribution in [0.15, 0.2) is 67.3 Å². The predicted octanol–water partition coefficient (Wildman–Crippen LogP) is 5.12. The van der Waals surface area contributed by atoms with Crippen molar-refractivity contribution in [3.63, 3.8) is 0 Å². The molecule has 0 radical (unpaired) electrons. The van der Waals surface area contributed by atoms with Gasteiger partial charge in [0.15, 0.2) is 5.82 Å². The first kappa shape index (κ1) is 17.4. The lowest BCUT2D eigenvalue weighted by atomic mass is 10.1. The number of halogens is 1. The molecule has 0 atom stereocenters. The maximum atomic E-state index is 13.6. The Morgan fingerprint density at radius 3 is 2.76 bits per heavy atom. The second kappa shape index (κ2) is 7.05. The average Bonchev–Trinajstić information content (AvgIpc) is 3.16. The van der Waals surface area contributed by atoms with Gasteiger partial charge in [0.1, 0.15) is 18.0 Å². The van der Waals surface area contributed by atoms with E-state index in [2.05, 4.69) is 29.0 Å². The van der Waals surface area contributed by atoms with Gasteiger partial charge in [-0.3, -0.25) is 9.55 Å². The molecule has 3 heterocycles. The monoisotopic (exact) mass is 383 g/mol. The average molecular weight is 383 g/mol. The van der Waals surface area contributed by atoms with E-state index >= 15 is 0 Å². The topological polar surface area (TPSA) is 56.5 Å². The van der Waals surface area contributed by atoms with Crippen LogP contribution in [0.1, 0.15) is 18.9 Å². The summed E-state index contributed by atoms with van der Waals surface area (Å²) >= 11 is 0. The molecule has 0 aliphatic carbocycles. The van der Waals surface area contributed by atoms with Crippen LogP contribution in [0.2, 0.25) is 0 Å². The zero-order chi connectivity index (χ0) is 19.8. The van der Waals surface area contributed by atoms with Crippen molar-refractivity contribution >= 4 is 21.9 Å². The molecule has 6 heteroatoms. The number of benzene rings is 2. The van der Waals surface area contributed by atoms with Gasteiger partial charge in [0.05, 0.1) is 16.6 Å². The zero-order valence-electron chi connectivity index (χ0n) is 15.9. The molecule has 0 saturated carbocycles. The van der Waals surface area contributed by atoms with Crippen LogP contribution in [0, 0.1) is 5.82 Å². The highest BCUT2D eigenvalue weighted by Crippen LogP contribution is 2.28. The molecule has 0 aliphatic rings. The van der Waals surface area contributed by atoms with Crippen LogP contribution in [0.4, 0.5) is 4.39 Å². The van der Waals surface area contributed by atoms with Gasteiger partial charge in [0, 0.05) is 29.4 Å². The number of pyridine rings is 1.